The number of nitrogens with zero attached hydrogens (tertiary/aromatic N) is 1. The number of rotatable bonds is 7. The third-order valence-electron chi connectivity index (χ3n) is 5.97. The molecule has 0 bridgehead atoms. The van der Waals surface area contributed by atoms with E-state index in [1.165, 1.54) is 6.08 Å². The van der Waals surface area contributed by atoms with Crippen LogP contribution in [0.2, 0.25) is 0 Å². The molecule has 6 nitrogen and oxygen atoms in total. The first kappa shape index (κ1) is 20.8. The van der Waals surface area contributed by atoms with Crippen molar-refractivity contribution in [2.45, 2.75) is 31.8 Å². The SMILES string of the molecule is CCOC(=O)c1ccc(C2(C(=O)OCC)C3C=CC(=O)N(Cc4ccccc4)C32)cc1. The van der Waals surface area contributed by atoms with Gasteiger partial charge in [-0.2, -0.15) is 0 Å². The standard InChI is InChI=1S/C25H25NO5/c1-3-30-23(28)18-10-12-19(13-11-18)25(24(29)31-4-2)20-14-15-21(27)26(22(20)25)16-17-8-6-5-7-9-17/h5-15,20,22H,3-4,16H2,1-2H3. The van der Waals surface area contributed by atoms with Gasteiger partial charge in [0.2, 0.25) is 5.91 Å². The van der Waals surface area contributed by atoms with Gasteiger partial charge in [-0.15, -0.1) is 0 Å². The lowest BCUT2D eigenvalue weighted by molar-refractivity contribution is -0.147. The Morgan fingerprint density at radius 1 is 0.968 bits per heavy atom. The molecule has 0 spiro atoms. The van der Waals surface area contributed by atoms with Crippen molar-refractivity contribution in [3.63, 3.8) is 0 Å². The van der Waals surface area contributed by atoms with Crippen LogP contribution >= 0.6 is 0 Å². The quantitative estimate of drug-likeness (QED) is 0.644. The van der Waals surface area contributed by atoms with Gasteiger partial charge in [-0.05, 0) is 43.2 Å². The fraction of sp³-hybridized carbons (Fsp3) is 0.320. The molecule has 1 fully saturated rings. The Morgan fingerprint density at radius 2 is 1.65 bits per heavy atom. The van der Waals surface area contributed by atoms with Crippen LogP contribution in [0.25, 0.3) is 0 Å². The normalized spacial score (nSPS) is 23.8. The topological polar surface area (TPSA) is 72.9 Å². The summed E-state index contributed by atoms with van der Waals surface area (Å²) in [5, 5.41) is 0. The molecule has 3 atom stereocenters. The van der Waals surface area contributed by atoms with E-state index in [0.29, 0.717) is 18.7 Å². The molecule has 2 aromatic rings. The molecule has 1 heterocycles. The summed E-state index contributed by atoms with van der Waals surface area (Å²) in [5.41, 5.74) is 1.15. The average Bonchev–Trinajstić information content (AvgIpc) is 3.47. The van der Waals surface area contributed by atoms with Crippen molar-refractivity contribution >= 4 is 17.8 Å². The van der Waals surface area contributed by atoms with Crippen molar-refractivity contribution in [3.8, 4) is 0 Å². The van der Waals surface area contributed by atoms with Gasteiger partial charge in [0.15, 0.2) is 0 Å². The second kappa shape index (κ2) is 8.38. The fourth-order valence-corrected chi connectivity index (χ4v) is 4.55. The summed E-state index contributed by atoms with van der Waals surface area (Å²) in [7, 11) is 0. The van der Waals surface area contributed by atoms with Gasteiger partial charge in [-0.1, -0.05) is 48.5 Å². The van der Waals surface area contributed by atoms with E-state index in [0.717, 1.165) is 11.1 Å². The Morgan fingerprint density at radius 3 is 2.29 bits per heavy atom. The Bertz CT molecular complexity index is 1010. The van der Waals surface area contributed by atoms with Gasteiger partial charge >= 0.3 is 11.9 Å². The fourth-order valence-electron chi connectivity index (χ4n) is 4.55. The molecule has 3 unspecified atom stereocenters. The van der Waals surface area contributed by atoms with Gasteiger partial charge < -0.3 is 14.4 Å². The molecule has 31 heavy (non-hydrogen) atoms. The predicted molar refractivity (Wildman–Crippen MR) is 114 cm³/mol. The van der Waals surface area contributed by atoms with E-state index in [1.807, 2.05) is 36.4 Å². The number of hydrogen-bond donors (Lipinski definition) is 0. The molecule has 0 saturated heterocycles. The number of fused-ring (bicyclic) bond motifs is 1. The van der Waals surface area contributed by atoms with Crippen LogP contribution in [0.15, 0.2) is 66.7 Å². The molecule has 1 amide bonds. The van der Waals surface area contributed by atoms with Crippen LogP contribution in [0, 0.1) is 5.92 Å². The highest BCUT2D eigenvalue weighted by atomic mass is 16.5. The highest BCUT2D eigenvalue weighted by Gasteiger charge is 2.74. The van der Waals surface area contributed by atoms with Gasteiger partial charge in [0.1, 0.15) is 5.41 Å². The van der Waals surface area contributed by atoms with Crippen LogP contribution < -0.4 is 0 Å². The van der Waals surface area contributed by atoms with Crippen molar-refractivity contribution in [2.75, 3.05) is 13.2 Å². The van der Waals surface area contributed by atoms with E-state index in [9.17, 15) is 14.4 Å². The molecule has 4 rings (SSSR count). The molecule has 0 aromatic heterocycles. The van der Waals surface area contributed by atoms with Gasteiger partial charge in [0, 0.05) is 12.5 Å². The minimum atomic E-state index is -0.985. The van der Waals surface area contributed by atoms with Gasteiger partial charge in [-0.3, -0.25) is 9.59 Å². The molecule has 0 N–H and O–H groups in total. The highest BCUT2D eigenvalue weighted by Crippen LogP contribution is 2.60. The van der Waals surface area contributed by atoms with Crippen LogP contribution in [0.5, 0.6) is 0 Å². The summed E-state index contributed by atoms with van der Waals surface area (Å²) in [4.78, 5) is 39.8. The Kier molecular flexibility index (Phi) is 5.63. The smallest absolute Gasteiger partial charge is 0.338 e. The van der Waals surface area contributed by atoms with Gasteiger partial charge in [-0.25, -0.2) is 4.79 Å². The molecule has 0 radical (unpaired) electrons. The molecule has 1 aliphatic heterocycles. The maximum Gasteiger partial charge on any atom is 0.338 e. The van der Waals surface area contributed by atoms with Crippen molar-refractivity contribution in [2.24, 2.45) is 5.92 Å². The van der Waals surface area contributed by atoms with Crippen molar-refractivity contribution in [1.29, 1.82) is 0 Å². The van der Waals surface area contributed by atoms with E-state index in [1.54, 1.807) is 43.0 Å². The van der Waals surface area contributed by atoms with E-state index in [4.69, 9.17) is 9.47 Å². The first-order valence-corrected chi connectivity index (χ1v) is 10.5. The number of ether oxygens (including phenoxy) is 2. The summed E-state index contributed by atoms with van der Waals surface area (Å²) < 4.78 is 10.5. The predicted octanol–water partition coefficient (Wildman–Crippen LogP) is 3.26. The summed E-state index contributed by atoms with van der Waals surface area (Å²) in [6, 6.07) is 16.2. The van der Waals surface area contributed by atoms with Crippen LogP contribution in [-0.4, -0.2) is 42.0 Å². The van der Waals surface area contributed by atoms with Crippen molar-refractivity contribution in [3.05, 3.63) is 83.4 Å². The monoisotopic (exact) mass is 419 g/mol. The van der Waals surface area contributed by atoms with Crippen LogP contribution in [0.1, 0.15) is 35.3 Å². The first-order chi connectivity index (χ1) is 15.0. The third-order valence-corrected chi connectivity index (χ3v) is 5.97. The lowest BCUT2D eigenvalue weighted by Gasteiger charge is -2.26. The van der Waals surface area contributed by atoms with Crippen molar-refractivity contribution < 1.29 is 23.9 Å². The second-order valence-corrected chi connectivity index (χ2v) is 7.67. The largest absolute Gasteiger partial charge is 0.465 e. The molecule has 6 heteroatoms. The Hall–Kier alpha value is -3.41. The van der Waals surface area contributed by atoms with E-state index >= 15 is 0 Å². The number of benzene rings is 2. The average molecular weight is 419 g/mol. The molecule has 160 valence electrons. The molecule has 2 aliphatic rings. The zero-order valence-electron chi connectivity index (χ0n) is 17.6. The zero-order chi connectivity index (χ0) is 22.0. The van der Waals surface area contributed by atoms with Crippen LogP contribution in [0.4, 0.5) is 0 Å². The molecule has 2 aromatic carbocycles. The van der Waals surface area contributed by atoms with Gasteiger partial charge in [0.25, 0.3) is 0 Å². The lowest BCUT2D eigenvalue weighted by Crippen LogP contribution is -2.39. The summed E-state index contributed by atoms with van der Waals surface area (Å²) >= 11 is 0. The van der Waals surface area contributed by atoms with E-state index < -0.39 is 11.4 Å². The minimum absolute atomic E-state index is 0.126. The number of carbonyl (C=O) groups is 3. The van der Waals surface area contributed by atoms with Crippen molar-refractivity contribution in [1.82, 2.24) is 4.90 Å². The second-order valence-electron chi connectivity index (χ2n) is 7.67. The number of hydrogen-bond acceptors (Lipinski definition) is 5. The maximum absolute atomic E-state index is 13.2. The van der Waals surface area contributed by atoms with E-state index in [-0.39, 0.29) is 30.4 Å². The zero-order valence-corrected chi connectivity index (χ0v) is 17.6. The molecule has 1 saturated carbocycles. The van der Waals surface area contributed by atoms with Crippen LogP contribution in [-0.2, 0) is 31.0 Å². The summed E-state index contributed by atoms with van der Waals surface area (Å²) in [6.07, 6.45) is 3.35. The molecular formula is C25H25NO5. The first-order valence-electron chi connectivity index (χ1n) is 10.5. The third kappa shape index (κ3) is 3.52. The summed E-state index contributed by atoms with van der Waals surface area (Å²) in [5.74, 6) is -1.07. The number of carbonyl (C=O) groups excluding carboxylic acids is 3. The number of esters is 2. The lowest BCUT2D eigenvalue weighted by atomic mass is 9.91. The molecule has 1 aliphatic carbocycles. The Balaban J connectivity index is 1.70. The number of amides is 1. The minimum Gasteiger partial charge on any atom is -0.465 e. The maximum atomic E-state index is 13.2. The van der Waals surface area contributed by atoms with Gasteiger partial charge in [0.05, 0.1) is 24.8 Å². The van der Waals surface area contributed by atoms with E-state index in [2.05, 4.69) is 0 Å². The van der Waals surface area contributed by atoms with Crippen LogP contribution in [0.3, 0.4) is 0 Å². The molecular weight excluding hydrogens is 394 g/mol. The highest BCUT2D eigenvalue weighted by molar-refractivity contribution is 5.97. The summed E-state index contributed by atoms with van der Waals surface area (Å²) in [6.45, 7) is 4.47. The Labute approximate surface area is 181 Å².